The van der Waals surface area contributed by atoms with Crippen LogP contribution in [0.2, 0.25) is 5.02 Å². The molecule has 124 valence electrons. The molecule has 1 aliphatic heterocycles. The fourth-order valence-electron chi connectivity index (χ4n) is 2.21. The normalized spacial score (nSPS) is 13.1. The van der Waals surface area contributed by atoms with Crippen molar-refractivity contribution in [3.8, 4) is 11.5 Å². The average Bonchev–Trinajstić information content (AvgIpc) is 2.57. The maximum atomic E-state index is 12.8. The number of nitrogens with one attached hydrogen (secondary N) is 1. The lowest BCUT2D eigenvalue weighted by Crippen LogP contribution is -2.19. The number of hydrazone groups is 1. The van der Waals surface area contributed by atoms with E-state index in [0.29, 0.717) is 40.9 Å². The Hall–Kier alpha value is -2.60. The van der Waals surface area contributed by atoms with Gasteiger partial charge in [-0.3, -0.25) is 4.79 Å². The molecule has 1 aliphatic rings. The van der Waals surface area contributed by atoms with Gasteiger partial charge in [0.05, 0.1) is 17.7 Å². The van der Waals surface area contributed by atoms with E-state index >= 15 is 0 Å². The molecule has 24 heavy (non-hydrogen) atoms. The van der Waals surface area contributed by atoms with Crippen molar-refractivity contribution in [2.75, 3.05) is 13.2 Å². The van der Waals surface area contributed by atoms with Gasteiger partial charge < -0.3 is 9.47 Å². The van der Waals surface area contributed by atoms with Crippen LogP contribution < -0.4 is 14.9 Å². The zero-order chi connectivity index (χ0) is 16.9. The molecule has 2 aromatic rings. The summed E-state index contributed by atoms with van der Waals surface area (Å²) in [5, 5.41) is 4.31. The van der Waals surface area contributed by atoms with E-state index in [2.05, 4.69) is 10.5 Å². The highest BCUT2D eigenvalue weighted by atomic mass is 35.5. The third-order valence-electron chi connectivity index (χ3n) is 3.30. The Kier molecular flexibility index (Phi) is 4.96. The van der Waals surface area contributed by atoms with Crippen molar-refractivity contribution in [3.05, 3.63) is 58.4 Å². The van der Waals surface area contributed by atoms with Crippen LogP contribution in [-0.2, 0) is 11.2 Å². The number of amides is 1. The maximum Gasteiger partial charge on any atom is 0.244 e. The summed E-state index contributed by atoms with van der Waals surface area (Å²) in [6, 6.07) is 9.13. The van der Waals surface area contributed by atoms with Gasteiger partial charge in [-0.2, -0.15) is 5.10 Å². The Morgan fingerprint density at radius 1 is 1.25 bits per heavy atom. The fraction of sp³-hybridized carbons (Fsp3) is 0.176. The van der Waals surface area contributed by atoms with Crippen LogP contribution >= 0.6 is 11.6 Å². The zero-order valence-electron chi connectivity index (χ0n) is 12.6. The highest BCUT2D eigenvalue weighted by Crippen LogP contribution is 2.37. The minimum Gasteiger partial charge on any atom is -0.486 e. The van der Waals surface area contributed by atoms with Gasteiger partial charge in [0.15, 0.2) is 11.5 Å². The molecule has 0 saturated heterocycles. The second kappa shape index (κ2) is 7.31. The van der Waals surface area contributed by atoms with Gasteiger partial charge in [-0.25, -0.2) is 9.82 Å². The summed E-state index contributed by atoms with van der Waals surface area (Å²) in [6.07, 6.45) is 1.58. The Morgan fingerprint density at radius 2 is 2.00 bits per heavy atom. The van der Waals surface area contributed by atoms with Gasteiger partial charge in [0.1, 0.15) is 19.0 Å². The number of hydrogen-bond acceptors (Lipinski definition) is 4. The van der Waals surface area contributed by atoms with Crippen LogP contribution in [0.3, 0.4) is 0 Å². The molecule has 0 spiro atoms. The van der Waals surface area contributed by atoms with Crippen LogP contribution in [-0.4, -0.2) is 25.3 Å². The molecule has 0 radical (unpaired) electrons. The second-order valence-electron chi connectivity index (χ2n) is 5.12. The standard InChI is InChI=1S/C17H14ClFN2O3/c18-14-7-12(8-15-17(14)24-6-5-23-15)10-20-21-16(22)9-11-1-3-13(19)4-2-11/h1-4,7-8,10H,5-6,9H2,(H,21,22)/b20-10-. The van der Waals surface area contributed by atoms with Gasteiger partial charge in [0, 0.05) is 0 Å². The number of carbonyl (C=O) groups is 1. The molecule has 1 heterocycles. The average molecular weight is 349 g/mol. The molecule has 7 heteroatoms. The van der Waals surface area contributed by atoms with E-state index in [9.17, 15) is 9.18 Å². The Labute approximate surface area is 143 Å². The largest absolute Gasteiger partial charge is 0.486 e. The lowest BCUT2D eigenvalue weighted by Gasteiger charge is -2.19. The van der Waals surface area contributed by atoms with Gasteiger partial charge >= 0.3 is 0 Å². The molecule has 3 rings (SSSR count). The smallest absolute Gasteiger partial charge is 0.244 e. The van der Waals surface area contributed by atoms with Crippen molar-refractivity contribution in [2.45, 2.75) is 6.42 Å². The van der Waals surface area contributed by atoms with Crippen molar-refractivity contribution >= 4 is 23.7 Å². The maximum absolute atomic E-state index is 12.8. The molecule has 1 amide bonds. The van der Waals surface area contributed by atoms with Gasteiger partial charge in [0.2, 0.25) is 5.91 Å². The number of halogens is 2. The molecule has 0 bridgehead atoms. The van der Waals surface area contributed by atoms with E-state index in [4.69, 9.17) is 21.1 Å². The summed E-state index contributed by atoms with van der Waals surface area (Å²) < 4.78 is 23.7. The van der Waals surface area contributed by atoms with E-state index in [1.54, 1.807) is 24.3 Å². The first-order valence-corrected chi connectivity index (χ1v) is 7.65. The van der Waals surface area contributed by atoms with Crippen molar-refractivity contribution in [3.63, 3.8) is 0 Å². The van der Waals surface area contributed by atoms with Crippen molar-refractivity contribution in [2.24, 2.45) is 5.10 Å². The molecule has 0 saturated carbocycles. The molecule has 0 fully saturated rings. The van der Waals surface area contributed by atoms with Crippen LogP contribution in [0.5, 0.6) is 11.5 Å². The van der Waals surface area contributed by atoms with E-state index < -0.39 is 0 Å². The molecular formula is C17H14ClFN2O3. The minimum atomic E-state index is -0.340. The number of ether oxygens (including phenoxy) is 2. The number of fused-ring (bicyclic) bond motifs is 1. The third-order valence-corrected chi connectivity index (χ3v) is 3.58. The lowest BCUT2D eigenvalue weighted by molar-refractivity contribution is -0.120. The van der Waals surface area contributed by atoms with E-state index in [1.165, 1.54) is 18.3 Å². The first-order chi connectivity index (χ1) is 11.6. The van der Waals surface area contributed by atoms with Gasteiger partial charge in [-0.1, -0.05) is 23.7 Å². The molecular weight excluding hydrogens is 335 g/mol. The molecule has 1 N–H and O–H groups in total. The van der Waals surface area contributed by atoms with E-state index in [-0.39, 0.29) is 18.1 Å². The number of nitrogens with zero attached hydrogens (tertiary/aromatic N) is 1. The highest BCUT2D eigenvalue weighted by Gasteiger charge is 2.16. The topological polar surface area (TPSA) is 59.9 Å². The third kappa shape index (κ3) is 4.02. The van der Waals surface area contributed by atoms with Gasteiger partial charge in [0.25, 0.3) is 0 Å². The van der Waals surface area contributed by atoms with Crippen LogP contribution in [0.25, 0.3) is 0 Å². The molecule has 0 unspecified atom stereocenters. The zero-order valence-corrected chi connectivity index (χ0v) is 13.3. The summed E-state index contributed by atoms with van der Waals surface area (Å²) in [4.78, 5) is 11.8. The number of carbonyl (C=O) groups excluding carboxylic acids is 1. The van der Waals surface area contributed by atoms with E-state index in [1.807, 2.05) is 0 Å². The molecule has 5 nitrogen and oxygen atoms in total. The SMILES string of the molecule is O=C(Cc1ccc(F)cc1)N/N=C\c1cc(Cl)c2c(c1)OCCO2. The van der Waals surface area contributed by atoms with Crippen LogP contribution in [0.4, 0.5) is 4.39 Å². The van der Waals surface area contributed by atoms with Gasteiger partial charge in [-0.15, -0.1) is 0 Å². The monoisotopic (exact) mass is 348 g/mol. The van der Waals surface area contributed by atoms with Gasteiger partial charge in [-0.05, 0) is 35.4 Å². The summed E-state index contributed by atoms with van der Waals surface area (Å²) >= 11 is 6.12. The second-order valence-corrected chi connectivity index (χ2v) is 5.53. The number of rotatable bonds is 4. The first-order valence-electron chi connectivity index (χ1n) is 7.27. The summed E-state index contributed by atoms with van der Waals surface area (Å²) in [5.74, 6) is 0.419. The summed E-state index contributed by atoms with van der Waals surface area (Å²) in [6.45, 7) is 0.915. The first kappa shape index (κ1) is 16.3. The minimum absolute atomic E-state index is 0.111. The fourth-order valence-corrected chi connectivity index (χ4v) is 2.48. The van der Waals surface area contributed by atoms with E-state index in [0.717, 1.165) is 0 Å². The quantitative estimate of drug-likeness (QED) is 0.682. The van der Waals surface area contributed by atoms with Crippen molar-refractivity contribution in [1.82, 2.24) is 5.43 Å². The highest BCUT2D eigenvalue weighted by molar-refractivity contribution is 6.32. The molecule has 0 aromatic heterocycles. The Bertz CT molecular complexity index is 778. The summed E-state index contributed by atoms with van der Waals surface area (Å²) in [5.41, 5.74) is 3.79. The summed E-state index contributed by atoms with van der Waals surface area (Å²) in [7, 11) is 0. The number of benzene rings is 2. The Morgan fingerprint density at radius 3 is 2.79 bits per heavy atom. The van der Waals surface area contributed by atoms with Crippen LogP contribution in [0.1, 0.15) is 11.1 Å². The molecule has 0 aliphatic carbocycles. The predicted octanol–water partition coefficient (Wildman–Crippen LogP) is 2.94. The Balaban J connectivity index is 1.60. The van der Waals surface area contributed by atoms with Crippen LogP contribution in [0.15, 0.2) is 41.5 Å². The lowest BCUT2D eigenvalue weighted by atomic mass is 10.1. The predicted molar refractivity (Wildman–Crippen MR) is 88.3 cm³/mol. The molecule has 2 aromatic carbocycles. The molecule has 0 atom stereocenters. The van der Waals surface area contributed by atoms with Crippen molar-refractivity contribution < 1.29 is 18.7 Å². The number of hydrogen-bond donors (Lipinski definition) is 1. The van der Waals surface area contributed by atoms with Crippen LogP contribution in [0, 0.1) is 5.82 Å². The van der Waals surface area contributed by atoms with Crippen molar-refractivity contribution in [1.29, 1.82) is 0 Å².